The van der Waals surface area contributed by atoms with Gasteiger partial charge in [-0.05, 0) is 54.8 Å². The predicted molar refractivity (Wildman–Crippen MR) is 215 cm³/mol. The lowest BCUT2D eigenvalue weighted by Crippen LogP contribution is -2.53. The highest BCUT2D eigenvalue weighted by molar-refractivity contribution is 7.98. The fourth-order valence-corrected chi connectivity index (χ4v) is 7.79. The predicted octanol–water partition coefficient (Wildman–Crippen LogP) is 6.50. The van der Waals surface area contributed by atoms with Gasteiger partial charge in [-0.25, -0.2) is 14.8 Å². The zero-order valence-corrected chi connectivity index (χ0v) is 32.1. The molecule has 2 aromatic heterocycles. The van der Waals surface area contributed by atoms with Crippen molar-refractivity contribution in [1.29, 1.82) is 10.5 Å². The fraction of sp³-hybridized carbons (Fsp3) is 0.250. The van der Waals surface area contributed by atoms with Crippen molar-refractivity contribution in [3.05, 3.63) is 112 Å². The van der Waals surface area contributed by atoms with Crippen LogP contribution >= 0.6 is 34.7 Å². The van der Waals surface area contributed by atoms with Gasteiger partial charge in [0.05, 0.1) is 23.8 Å². The molecular formula is C40H39ClN8O4S2. The number of aromatic nitrogens is 2. The summed E-state index contributed by atoms with van der Waals surface area (Å²) in [6, 6.07) is 25.5. The highest BCUT2D eigenvalue weighted by Gasteiger charge is 2.32. The van der Waals surface area contributed by atoms with Crippen LogP contribution in [0.3, 0.4) is 0 Å². The molecule has 15 heteroatoms. The highest BCUT2D eigenvalue weighted by atomic mass is 35.5. The number of pyridine rings is 1. The van der Waals surface area contributed by atoms with E-state index in [1.165, 1.54) is 28.0 Å². The van der Waals surface area contributed by atoms with Gasteiger partial charge in [-0.1, -0.05) is 84.4 Å². The molecule has 0 saturated heterocycles. The zero-order valence-electron chi connectivity index (χ0n) is 29.7. The molecular weight excluding hydrogens is 756 g/mol. The van der Waals surface area contributed by atoms with Crippen molar-refractivity contribution >= 4 is 52.4 Å². The van der Waals surface area contributed by atoms with Gasteiger partial charge in [-0.2, -0.15) is 10.5 Å². The summed E-state index contributed by atoms with van der Waals surface area (Å²) in [5.41, 5.74) is 21.8. The van der Waals surface area contributed by atoms with Crippen molar-refractivity contribution in [2.24, 2.45) is 11.5 Å². The zero-order chi connectivity index (χ0) is 39.3. The number of amides is 1. The maximum absolute atomic E-state index is 13.6. The standard InChI is InChI=1S/C40H39ClN8O4S2/c41-28-13-9-27(10-14-28)37-47-29(23-54-37)24-55-38-32(22-44)35(31(21-43)36(46)48-38)26-11-15-30(16-12-26)53-19-18-49(39(50)33(45)8-4-5-17-42)34(40(51)52)20-25-6-2-1-3-7-25/h1-3,6-7,9-16,23,33-34H,4-5,8,17-20,24,42,45H2,(H2,46,48)(H,51,52)/t33-,34-/m0/s1. The monoisotopic (exact) mass is 794 g/mol. The summed E-state index contributed by atoms with van der Waals surface area (Å²) in [5.74, 6) is -0.801. The molecule has 12 nitrogen and oxygen atoms in total. The van der Waals surface area contributed by atoms with Crippen molar-refractivity contribution in [2.45, 2.75) is 48.5 Å². The summed E-state index contributed by atoms with van der Waals surface area (Å²) in [4.78, 5) is 36.5. The second kappa shape index (κ2) is 19.7. The number of halogens is 1. The van der Waals surface area contributed by atoms with E-state index in [0.29, 0.717) is 58.5 Å². The van der Waals surface area contributed by atoms with Crippen LogP contribution in [0.2, 0.25) is 5.02 Å². The molecule has 0 spiro atoms. The minimum Gasteiger partial charge on any atom is -0.492 e. The van der Waals surface area contributed by atoms with Gasteiger partial charge in [-0.3, -0.25) is 4.79 Å². The lowest BCUT2D eigenvalue weighted by molar-refractivity contribution is -0.151. The van der Waals surface area contributed by atoms with Crippen LogP contribution in [0.15, 0.2) is 89.3 Å². The van der Waals surface area contributed by atoms with Crippen LogP contribution in [0.1, 0.15) is 41.6 Å². The van der Waals surface area contributed by atoms with Crippen molar-refractivity contribution in [1.82, 2.24) is 14.9 Å². The van der Waals surface area contributed by atoms with Crippen molar-refractivity contribution in [2.75, 3.05) is 25.4 Å². The van der Waals surface area contributed by atoms with E-state index in [1.807, 2.05) is 47.8 Å². The van der Waals surface area contributed by atoms with Crippen LogP contribution in [0.5, 0.6) is 5.75 Å². The quantitative estimate of drug-likeness (QED) is 0.0552. The van der Waals surface area contributed by atoms with Gasteiger partial charge in [-0.15, -0.1) is 11.3 Å². The molecule has 2 heterocycles. The molecule has 5 rings (SSSR count). The van der Waals surface area contributed by atoms with Crippen molar-refractivity contribution in [3.63, 3.8) is 0 Å². The molecule has 5 aromatic rings. The maximum atomic E-state index is 13.6. The van der Waals surface area contributed by atoms with E-state index in [9.17, 15) is 25.2 Å². The molecule has 0 unspecified atom stereocenters. The number of ether oxygens (including phenoxy) is 1. The molecule has 1 amide bonds. The number of nitrogens with two attached hydrogens (primary N) is 3. The summed E-state index contributed by atoms with van der Waals surface area (Å²) in [7, 11) is 0. The molecule has 3 aromatic carbocycles. The Bertz CT molecular complexity index is 2170. The normalized spacial score (nSPS) is 11.9. The molecule has 7 N–H and O–H groups in total. The molecule has 0 fully saturated rings. The third kappa shape index (κ3) is 10.6. The number of aliphatic carboxylic acids is 1. The third-order valence-electron chi connectivity index (χ3n) is 8.66. The van der Waals surface area contributed by atoms with Crippen molar-refractivity contribution < 1.29 is 19.4 Å². The fourth-order valence-electron chi connectivity index (χ4n) is 5.84. The number of thioether (sulfide) groups is 1. The number of nitriles is 2. The van der Waals surface area contributed by atoms with Gasteiger partial charge in [0.25, 0.3) is 0 Å². The number of carboxylic acid groups (broad SMARTS) is 1. The maximum Gasteiger partial charge on any atom is 0.326 e. The van der Waals surface area contributed by atoms with Crippen molar-refractivity contribution in [3.8, 4) is 39.6 Å². The van der Waals surface area contributed by atoms with E-state index in [4.69, 9.17) is 38.5 Å². The van der Waals surface area contributed by atoms with Crippen LogP contribution in [0.25, 0.3) is 21.7 Å². The minimum atomic E-state index is -1.17. The first kappa shape index (κ1) is 40.7. The summed E-state index contributed by atoms with van der Waals surface area (Å²) < 4.78 is 6.00. The average molecular weight is 795 g/mol. The Morgan fingerprint density at radius 1 is 0.964 bits per heavy atom. The van der Waals surface area contributed by atoms with Gasteiger partial charge >= 0.3 is 5.97 Å². The number of carbonyl (C=O) groups is 2. The van der Waals surface area contributed by atoms with Gasteiger partial charge in [0.1, 0.15) is 52.0 Å². The first-order valence-electron chi connectivity index (χ1n) is 17.4. The summed E-state index contributed by atoms with van der Waals surface area (Å²) in [6.45, 7) is 0.410. The molecule has 0 radical (unpaired) electrons. The minimum absolute atomic E-state index is 0.00561. The van der Waals surface area contributed by atoms with Gasteiger partial charge in [0, 0.05) is 33.7 Å². The Kier molecular flexibility index (Phi) is 14.6. The lowest BCUT2D eigenvalue weighted by atomic mass is 9.97. The number of carbonyl (C=O) groups excluding carboxylic acids is 1. The Morgan fingerprint density at radius 2 is 1.65 bits per heavy atom. The van der Waals surface area contributed by atoms with E-state index in [0.717, 1.165) is 21.8 Å². The van der Waals surface area contributed by atoms with Crippen LogP contribution in [-0.2, 0) is 21.8 Å². The van der Waals surface area contributed by atoms with E-state index in [2.05, 4.69) is 17.1 Å². The second-order valence-corrected chi connectivity index (χ2v) is 14.7. The van der Waals surface area contributed by atoms with E-state index in [-0.39, 0.29) is 36.5 Å². The average Bonchev–Trinajstić information content (AvgIpc) is 3.67. The number of nitrogen functional groups attached to an aromatic ring is 1. The van der Waals surface area contributed by atoms with E-state index in [1.54, 1.807) is 36.4 Å². The Balaban J connectivity index is 1.32. The van der Waals surface area contributed by atoms with Gasteiger partial charge in [0.2, 0.25) is 5.91 Å². The number of thiazole rings is 1. The second-order valence-electron chi connectivity index (χ2n) is 12.4. The highest BCUT2D eigenvalue weighted by Crippen LogP contribution is 2.37. The Morgan fingerprint density at radius 3 is 2.31 bits per heavy atom. The summed E-state index contributed by atoms with van der Waals surface area (Å²) in [5, 5.41) is 34.3. The van der Waals surface area contributed by atoms with Gasteiger partial charge in [0.15, 0.2) is 0 Å². The van der Waals surface area contributed by atoms with Crippen LogP contribution in [0, 0.1) is 22.7 Å². The van der Waals surface area contributed by atoms with E-state index >= 15 is 0 Å². The van der Waals surface area contributed by atoms with Crippen LogP contribution in [-0.4, -0.2) is 63.6 Å². The first-order chi connectivity index (χ1) is 26.6. The Labute approximate surface area is 332 Å². The molecule has 0 aliphatic carbocycles. The first-order valence-corrected chi connectivity index (χ1v) is 19.6. The number of unbranched alkanes of at least 4 members (excludes halogenated alkanes) is 1. The van der Waals surface area contributed by atoms with Gasteiger partial charge < -0.3 is 31.9 Å². The largest absolute Gasteiger partial charge is 0.492 e. The molecule has 0 aliphatic rings. The summed E-state index contributed by atoms with van der Waals surface area (Å²) in [6.07, 6.45) is 1.80. The number of anilines is 1. The molecule has 0 bridgehead atoms. The number of benzene rings is 3. The Hall–Kier alpha value is -5.48. The SMILES string of the molecule is N#Cc1c(N)nc(SCc2csc(-c3ccc(Cl)cc3)n2)c(C#N)c1-c1ccc(OCCN(C(=O)[C@@H](N)CCCCN)[C@@H](Cc2ccccc2)C(=O)O)cc1. The molecule has 0 saturated carbocycles. The number of rotatable bonds is 18. The lowest BCUT2D eigenvalue weighted by Gasteiger charge is -2.31. The third-order valence-corrected chi connectivity index (χ3v) is 10.9. The molecule has 0 aliphatic heterocycles. The molecule has 55 heavy (non-hydrogen) atoms. The van der Waals surface area contributed by atoms with E-state index < -0.39 is 24.0 Å². The summed E-state index contributed by atoms with van der Waals surface area (Å²) >= 11 is 8.82. The van der Waals surface area contributed by atoms with Crippen LogP contribution < -0.4 is 21.9 Å². The number of carboxylic acids is 1. The number of hydrogen-bond acceptors (Lipinski definition) is 12. The van der Waals surface area contributed by atoms with Crippen LogP contribution in [0.4, 0.5) is 5.82 Å². The number of hydrogen-bond donors (Lipinski definition) is 4. The topological polar surface area (TPSA) is 218 Å². The molecule has 2 atom stereocenters. The number of nitrogens with zero attached hydrogens (tertiary/aromatic N) is 5. The smallest absolute Gasteiger partial charge is 0.326 e. The molecule has 282 valence electrons.